The molecule has 1 atom stereocenters. The van der Waals surface area contributed by atoms with Crippen LogP contribution in [-0.4, -0.2) is 5.91 Å². The largest absolute Gasteiger partial charge is 0.462 e. The predicted octanol–water partition coefficient (Wildman–Crippen LogP) is 5.79. The van der Waals surface area contributed by atoms with Gasteiger partial charge in [-0.15, -0.1) is 11.3 Å². The molecule has 1 amide bonds. The Balaban J connectivity index is 1.72. The second kappa shape index (κ2) is 8.48. The molecule has 0 aliphatic heterocycles. The summed E-state index contributed by atoms with van der Waals surface area (Å²) >= 11 is 1.62. The van der Waals surface area contributed by atoms with Gasteiger partial charge in [0.15, 0.2) is 0 Å². The van der Waals surface area contributed by atoms with Crippen LogP contribution in [0.1, 0.15) is 56.2 Å². The predicted molar refractivity (Wildman–Crippen MR) is 113 cm³/mol. The van der Waals surface area contributed by atoms with Crippen molar-refractivity contribution in [3.8, 4) is 5.75 Å². The van der Waals surface area contributed by atoms with Gasteiger partial charge in [0, 0.05) is 11.4 Å². The molecule has 1 aromatic heterocycles. The topological polar surface area (TPSA) is 38.3 Å². The smallest absolute Gasteiger partial charge is 0.261 e. The molecule has 1 aliphatic carbocycles. The highest BCUT2D eigenvalue weighted by Crippen LogP contribution is 2.40. The van der Waals surface area contributed by atoms with Crippen molar-refractivity contribution in [3.05, 3.63) is 62.3 Å². The fraction of sp³-hybridized carbons (Fsp3) is 0.435. The van der Waals surface area contributed by atoms with Crippen LogP contribution in [0.4, 0.5) is 4.39 Å². The molecule has 1 aliphatic rings. The summed E-state index contributed by atoms with van der Waals surface area (Å²) in [4.78, 5) is 15.0. The average Bonchev–Trinajstić information content (AvgIpc) is 3.20. The minimum Gasteiger partial charge on any atom is -0.462 e. The first-order chi connectivity index (χ1) is 13.3. The van der Waals surface area contributed by atoms with Crippen LogP contribution in [-0.2, 0) is 19.4 Å². The zero-order valence-electron chi connectivity index (χ0n) is 17.2. The van der Waals surface area contributed by atoms with Crippen LogP contribution < -0.4 is 10.1 Å². The lowest BCUT2D eigenvalue weighted by molar-refractivity contribution is 0.0954. The van der Waals surface area contributed by atoms with Gasteiger partial charge in [-0.3, -0.25) is 4.79 Å². The van der Waals surface area contributed by atoms with Gasteiger partial charge >= 0.3 is 0 Å². The van der Waals surface area contributed by atoms with Crippen molar-refractivity contribution in [3.63, 3.8) is 0 Å². The highest BCUT2D eigenvalue weighted by Gasteiger charge is 2.31. The number of carbonyl (C=O) groups is 1. The Morgan fingerprint density at radius 3 is 2.50 bits per heavy atom. The van der Waals surface area contributed by atoms with Gasteiger partial charge in [-0.2, -0.15) is 0 Å². The van der Waals surface area contributed by atoms with Crippen molar-refractivity contribution < 1.29 is 13.9 Å². The van der Waals surface area contributed by atoms with Crippen LogP contribution in [0.2, 0.25) is 0 Å². The van der Waals surface area contributed by atoms with E-state index in [2.05, 4.69) is 26.1 Å². The van der Waals surface area contributed by atoms with Crippen molar-refractivity contribution in [1.82, 2.24) is 5.32 Å². The first-order valence-electron chi connectivity index (χ1n) is 9.73. The lowest BCUT2D eigenvalue weighted by Gasteiger charge is -2.14. The maximum Gasteiger partial charge on any atom is 0.261 e. The summed E-state index contributed by atoms with van der Waals surface area (Å²) in [6.45, 7) is 10.9. The standard InChI is InChI=1S/C23H28FNO2S/c1-13(2)18-10-19-16(5)28-22(20(19)11-18)23(26)25-12-17-8-14(3)21(15(4)9-17)27-7-6-24/h6-9,13,18H,10-12H2,1-5H3,(H,25,26)/b7-6+/t18-/m0/s1. The number of hydrogen-bond acceptors (Lipinski definition) is 3. The lowest BCUT2D eigenvalue weighted by Crippen LogP contribution is -2.23. The summed E-state index contributed by atoms with van der Waals surface area (Å²) in [6.07, 6.45) is 3.50. The Labute approximate surface area is 170 Å². The van der Waals surface area contributed by atoms with Crippen molar-refractivity contribution >= 4 is 17.2 Å². The lowest BCUT2D eigenvalue weighted by atomic mass is 9.93. The van der Waals surface area contributed by atoms with E-state index in [-0.39, 0.29) is 5.91 Å². The molecule has 0 unspecified atom stereocenters. The second-order valence-corrected chi connectivity index (χ2v) is 9.20. The van der Waals surface area contributed by atoms with Crippen molar-refractivity contribution in [2.45, 2.75) is 54.0 Å². The van der Waals surface area contributed by atoms with Gasteiger partial charge in [0.25, 0.3) is 5.91 Å². The molecule has 2 aromatic rings. The van der Waals surface area contributed by atoms with Crippen LogP contribution in [0.3, 0.4) is 0 Å². The van der Waals surface area contributed by atoms with E-state index in [4.69, 9.17) is 4.74 Å². The summed E-state index contributed by atoms with van der Waals surface area (Å²) in [7, 11) is 0. The summed E-state index contributed by atoms with van der Waals surface area (Å²) < 4.78 is 17.5. The van der Waals surface area contributed by atoms with E-state index in [1.807, 2.05) is 26.0 Å². The molecule has 1 aromatic carbocycles. The zero-order chi connectivity index (χ0) is 20.4. The molecule has 0 fully saturated rings. The molecular weight excluding hydrogens is 373 g/mol. The van der Waals surface area contributed by atoms with E-state index < -0.39 is 0 Å². The number of benzene rings is 1. The van der Waals surface area contributed by atoms with Crippen LogP contribution >= 0.6 is 11.3 Å². The van der Waals surface area contributed by atoms with Crippen molar-refractivity contribution in [1.29, 1.82) is 0 Å². The summed E-state index contributed by atoms with van der Waals surface area (Å²) in [6, 6.07) is 3.93. The second-order valence-electron chi connectivity index (χ2n) is 7.98. The number of hydrogen-bond donors (Lipinski definition) is 1. The normalized spacial score (nSPS) is 16.0. The first kappa shape index (κ1) is 20.6. The number of carbonyl (C=O) groups excluding carboxylic acids is 1. The minimum absolute atomic E-state index is 0.00903. The molecule has 0 saturated carbocycles. The van der Waals surface area contributed by atoms with E-state index in [9.17, 15) is 9.18 Å². The Bertz CT molecular complexity index is 891. The SMILES string of the molecule is Cc1cc(CNC(=O)c2sc(C)c3c2C[C@@H](C(C)C)C3)cc(C)c1O/C=C/F. The highest BCUT2D eigenvalue weighted by atomic mass is 32.1. The summed E-state index contributed by atoms with van der Waals surface area (Å²) in [5, 5.41) is 3.08. The molecule has 0 spiro atoms. The van der Waals surface area contributed by atoms with Gasteiger partial charge in [-0.05, 0) is 73.3 Å². The Kier molecular flexibility index (Phi) is 6.23. The molecule has 3 nitrogen and oxygen atoms in total. The van der Waals surface area contributed by atoms with Gasteiger partial charge in [-0.1, -0.05) is 26.0 Å². The van der Waals surface area contributed by atoms with E-state index in [1.165, 1.54) is 16.0 Å². The van der Waals surface area contributed by atoms with Crippen LogP contribution in [0.15, 0.2) is 24.7 Å². The average molecular weight is 402 g/mol. The molecule has 150 valence electrons. The highest BCUT2D eigenvalue weighted by molar-refractivity contribution is 7.14. The number of fused-ring (bicyclic) bond motifs is 1. The minimum atomic E-state index is 0.00903. The Morgan fingerprint density at radius 2 is 1.89 bits per heavy atom. The van der Waals surface area contributed by atoms with Gasteiger partial charge in [-0.25, -0.2) is 4.39 Å². The zero-order valence-corrected chi connectivity index (χ0v) is 18.0. The van der Waals surface area contributed by atoms with Gasteiger partial charge in [0.1, 0.15) is 18.3 Å². The molecule has 0 radical (unpaired) electrons. The number of nitrogens with one attached hydrogen (secondary N) is 1. The van der Waals surface area contributed by atoms with Crippen LogP contribution in [0.25, 0.3) is 0 Å². The summed E-state index contributed by atoms with van der Waals surface area (Å²) in [5.74, 6) is 1.93. The molecular formula is C23H28FNO2S. The van der Waals surface area contributed by atoms with Crippen LogP contribution in [0.5, 0.6) is 5.75 Å². The molecule has 3 rings (SSSR count). The van der Waals surface area contributed by atoms with Crippen LogP contribution in [0, 0.1) is 32.6 Å². The third-order valence-electron chi connectivity index (χ3n) is 5.61. The fourth-order valence-electron chi connectivity index (χ4n) is 4.04. The van der Waals surface area contributed by atoms with Gasteiger partial charge in [0.05, 0.1) is 4.88 Å². The third-order valence-corrected chi connectivity index (χ3v) is 6.80. The van der Waals surface area contributed by atoms with E-state index in [0.717, 1.165) is 40.7 Å². The van der Waals surface area contributed by atoms with Crippen molar-refractivity contribution in [2.24, 2.45) is 11.8 Å². The fourth-order valence-corrected chi connectivity index (χ4v) is 5.17. The van der Waals surface area contributed by atoms with E-state index in [0.29, 0.717) is 30.5 Å². The van der Waals surface area contributed by atoms with E-state index in [1.54, 1.807) is 11.3 Å². The van der Waals surface area contributed by atoms with E-state index >= 15 is 0 Å². The molecule has 0 saturated heterocycles. The van der Waals surface area contributed by atoms with Gasteiger partial charge in [0.2, 0.25) is 0 Å². The Morgan fingerprint density at radius 1 is 1.25 bits per heavy atom. The monoisotopic (exact) mass is 401 g/mol. The van der Waals surface area contributed by atoms with Gasteiger partial charge < -0.3 is 10.1 Å². The Hall–Kier alpha value is -2.14. The number of thiophene rings is 1. The number of amides is 1. The van der Waals surface area contributed by atoms with Crippen molar-refractivity contribution in [2.75, 3.05) is 0 Å². The first-order valence-corrected chi connectivity index (χ1v) is 10.5. The number of aryl methyl sites for hydroxylation is 3. The molecule has 1 heterocycles. The maximum absolute atomic E-state index is 12.9. The third kappa shape index (κ3) is 4.14. The summed E-state index contributed by atoms with van der Waals surface area (Å²) in [5.41, 5.74) is 5.48. The maximum atomic E-state index is 12.9. The number of ether oxygens (including phenoxy) is 1. The number of rotatable bonds is 6. The molecule has 1 N–H and O–H groups in total. The quantitative estimate of drug-likeness (QED) is 0.622. The number of halogens is 1. The molecule has 5 heteroatoms. The molecule has 0 bridgehead atoms. The molecule has 28 heavy (non-hydrogen) atoms.